The molecule has 2 aliphatic heterocycles. The molecule has 1 N–H and O–H groups in total. The smallest absolute Gasteiger partial charge is 0.315 e. The number of fused-ring (bicyclic) bond motifs is 1. The van der Waals surface area contributed by atoms with E-state index >= 15 is 0 Å². The lowest BCUT2D eigenvalue weighted by Gasteiger charge is -2.27. The lowest BCUT2D eigenvalue weighted by molar-refractivity contribution is -0.946. The van der Waals surface area contributed by atoms with E-state index in [1.54, 1.807) is 4.90 Å². The van der Waals surface area contributed by atoms with Crippen LogP contribution < -0.4 is 4.90 Å². The minimum Gasteiger partial charge on any atom is -0.466 e. The Kier molecular flexibility index (Phi) is 2.75. The van der Waals surface area contributed by atoms with Crippen LogP contribution >= 0.6 is 0 Å². The fraction of sp³-hybridized carbons (Fsp3) is 0.917. The van der Waals surface area contributed by atoms with Gasteiger partial charge in [0.1, 0.15) is 12.0 Å². The molecule has 0 aromatic heterocycles. The second kappa shape index (κ2) is 3.78. The van der Waals surface area contributed by atoms with Gasteiger partial charge in [0.15, 0.2) is 0 Å². The minimum absolute atomic E-state index is 0.0347. The molecule has 2 rings (SSSR count). The Morgan fingerprint density at radius 3 is 2.93 bits per heavy atom. The van der Waals surface area contributed by atoms with E-state index in [0.717, 1.165) is 6.42 Å². The number of esters is 1. The van der Waals surface area contributed by atoms with Crippen molar-refractivity contribution in [2.45, 2.75) is 51.6 Å². The molecule has 2 aliphatic rings. The van der Waals surface area contributed by atoms with Crippen molar-refractivity contribution >= 4 is 5.97 Å². The van der Waals surface area contributed by atoms with E-state index in [-0.39, 0.29) is 17.4 Å². The van der Waals surface area contributed by atoms with Gasteiger partial charge in [-0.15, -0.1) is 0 Å². The maximum absolute atomic E-state index is 11.8. The third-order valence-electron chi connectivity index (χ3n) is 4.08. The van der Waals surface area contributed by atoms with E-state index in [9.17, 15) is 4.79 Å². The second-order valence-electron chi connectivity index (χ2n) is 5.47. The molecule has 1 unspecified atom stereocenters. The molecule has 0 amide bonds. The fourth-order valence-corrected chi connectivity index (χ4v) is 3.48. The fourth-order valence-electron chi connectivity index (χ4n) is 3.48. The number of quaternary nitrogens is 1. The summed E-state index contributed by atoms with van der Waals surface area (Å²) in [5, 5.41) is 0. The normalized spacial score (nSPS) is 37.7. The molecule has 2 heterocycles. The van der Waals surface area contributed by atoms with Crippen LogP contribution in [0.15, 0.2) is 0 Å². The quantitative estimate of drug-likeness (QED) is 0.672. The van der Waals surface area contributed by atoms with Crippen LogP contribution in [0.1, 0.15) is 40.0 Å². The third-order valence-corrected chi connectivity index (χ3v) is 4.08. The number of hydrogen-bond acceptors (Lipinski definition) is 2. The van der Waals surface area contributed by atoms with Gasteiger partial charge in [-0.05, 0) is 20.8 Å². The molecule has 15 heavy (non-hydrogen) atoms. The molecule has 0 aromatic carbocycles. The second-order valence-corrected chi connectivity index (χ2v) is 5.47. The summed E-state index contributed by atoms with van der Waals surface area (Å²) >= 11 is 0. The van der Waals surface area contributed by atoms with Crippen LogP contribution in [0.4, 0.5) is 0 Å². The number of rotatable bonds is 2. The minimum atomic E-state index is 0.0347. The number of carbonyl (C=O) groups excluding carboxylic acids is 1. The van der Waals surface area contributed by atoms with Gasteiger partial charge < -0.3 is 9.64 Å². The first-order chi connectivity index (χ1) is 7.06. The molecule has 0 spiro atoms. The van der Waals surface area contributed by atoms with Gasteiger partial charge >= 0.3 is 5.97 Å². The van der Waals surface area contributed by atoms with Gasteiger partial charge in [-0.1, -0.05) is 0 Å². The number of hydrogen-bond donors (Lipinski definition) is 1. The van der Waals surface area contributed by atoms with Gasteiger partial charge in [0.2, 0.25) is 0 Å². The summed E-state index contributed by atoms with van der Waals surface area (Å²) in [4.78, 5) is 13.5. The third kappa shape index (κ3) is 1.78. The Labute approximate surface area is 91.8 Å². The van der Waals surface area contributed by atoms with E-state index < -0.39 is 0 Å². The van der Waals surface area contributed by atoms with Gasteiger partial charge in [-0.25, -0.2) is 0 Å². The summed E-state index contributed by atoms with van der Waals surface area (Å²) in [5.74, 6) is 0.185. The topological polar surface area (TPSA) is 30.7 Å². The van der Waals surface area contributed by atoms with Crippen LogP contribution in [0.3, 0.4) is 0 Å². The Bertz CT molecular complexity index is 262. The van der Waals surface area contributed by atoms with Crippen LogP contribution in [-0.2, 0) is 9.53 Å². The predicted octanol–water partition coefficient (Wildman–Crippen LogP) is 0.395. The number of nitrogens with one attached hydrogen (secondary N) is 1. The zero-order valence-corrected chi connectivity index (χ0v) is 10.0. The summed E-state index contributed by atoms with van der Waals surface area (Å²) < 4.78 is 5.18. The zero-order chi connectivity index (χ0) is 11.1. The highest BCUT2D eigenvalue weighted by Crippen LogP contribution is 2.29. The van der Waals surface area contributed by atoms with Crippen LogP contribution in [0.5, 0.6) is 0 Å². The van der Waals surface area contributed by atoms with E-state index in [1.165, 1.54) is 19.4 Å². The molecule has 3 heteroatoms. The van der Waals surface area contributed by atoms with Crippen molar-refractivity contribution in [2.75, 3.05) is 13.2 Å². The van der Waals surface area contributed by atoms with Crippen molar-refractivity contribution in [1.82, 2.24) is 0 Å². The summed E-state index contributed by atoms with van der Waals surface area (Å²) in [6, 6.07) is 0.527. The summed E-state index contributed by atoms with van der Waals surface area (Å²) in [6.07, 6.45) is 3.45. The highest BCUT2D eigenvalue weighted by Gasteiger charge is 2.55. The van der Waals surface area contributed by atoms with Crippen LogP contribution in [0.25, 0.3) is 0 Å². The SMILES string of the molecule is CCOC(=O)[C@@H]1CC(C)(C)[NH+]2CCC[C@H]12. The first kappa shape index (κ1) is 10.9. The largest absolute Gasteiger partial charge is 0.466 e. The lowest BCUT2D eigenvalue weighted by atomic mass is 9.92. The molecular weight excluding hydrogens is 190 g/mol. The van der Waals surface area contributed by atoms with Crippen LogP contribution in [-0.4, -0.2) is 30.7 Å². The van der Waals surface area contributed by atoms with Crippen molar-refractivity contribution in [3.05, 3.63) is 0 Å². The maximum atomic E-state index is 11.8. The maximum Gasteiger partial charge on any atom is 0.315 e. The molecule has 0 saturated carbocycles. The van der Waals surface area contributed by atoms with Crippen LogP contribution in [0, 0.1) is 5.92 Å². The number of ether oxygens (including phenoxy) is 1. The average Bonchev–Trinajstić information content (AvgIpc) is 2.70. The first-order valence-electron chi connectivity index (χ1n) is 6.09. The van der Waals surface area contributed by atoms with E-state index in [0.29, 0.717) is 12.6 Å². The van der Waals surface area contributed by atoms with Crippen molar-refractivity contribution in [2.24, 2.45) is 5.92 Å². The van der Waals surface area contributed by atoms with E-state index in [2.05, 4.69) is 13.8 Å². The molecule has 86 valence electrons. The molecule has 0 bridgehead atoms. The first-order valence-corrected chi connectivity index (χ1v) is 6.09. The van der Waals surface area contributed by atoms with Gasteiger partial charge in [-0.3, -0.25) is 4.79 Å². The van der Waals surface area contributed by atoms with Gasteiger partial charge in [0.25, 0.3) is 0 Å². The molecular formula is C12H22NO2+. The summed E-state index contributed by atoms with van der Waals surface area (Å²) in [5.41, 5.74) is 0.262. The van der Waals surface area contributed by atoms with Crippen molar-refractivity contribution in [3.63, 3.8) is 0 Å². The molecule has 2 saturated heterocycles. The Morgan fingerprint density at radius 1 is 1.53 bits per heavy atom. The highest BCUT2D eigenvalue weighted by atomic mass is 16.5. The standard InChI is InChI=1S/C12H21NO2/c1-4-15-11(14)9-8-12(2,3)13-7-5-6-10(9)13/h9-10H,4-8H2,1-3H3/p+1/t9-,10-/m1/s1. The molecule has 0 aromatic rings. The van der Waals surface area contributed by atoms with Gasteiger partial charge in [0.05, 0.1) is 18.7 Å². The average molecular weight is 212 g/mol. The Hall–Kier alpha value is -0.570. The number of carbonyl (C=O) groups is 1. The van der Waals surface area contributed by atoms with E-state index in [4.69, 9.17) is 4.74 Å². The van der Waals surface area contributed by atoms with E-state index in [1.807, 2.05) is 6.92 Å². The Balaban J connectivity index is 2.11. The zero-order valence-electron chi connectivity index (χ0n) is 10.0. The molecule has 3 atom stereocenters. The molecule has 0 radical (unpaired) electrons. The molecule has 2 fully saturated rings. The lowest BCUT2D eigenvalue weighted by Crippen LogP contribution is -3.18. The van der Waals surface area contributed by atoms with Crippen molar-refractivity contribution in [1.29, 1.82) is 0 Å². The molecule has 3 nitrogen and oxygen atoms in total. The van der Waals surface area contributed by atoms with Crippen molar-refractivity contribution in [3.8, 4) is 0 Å². The summed E-state index contributed by atoms with van der Waals surface area (Å²) in [6.45, 7) is 8.18. The Morgan fingerprint density at radius 2 is 2.27 bits per heavy atom. The van der Waals surface area contributed by atoms with Gasteiger partial charge in [-0.2, -0.15) is 0 Å². The molecule has 0 aliphatic carbocycles. The summed E-state index contributed by atoms with van der Waals surface area (Å²) in [7, 11) is 0. The van der Waals surface area contributed by atoms with Gasteiger partial charge in [0, 0.05) is 19.3 Å². The van der Waals surface area contributed by atoms with Crippen molar-refractivity contribution < 1.29 is 14.4 Å². The predicted molar refractivity (Wildman–Crippen MR) is 57.7 cm³/mol. The monoisotopic (exact) mass is 212 g/mol. The van der Waals surface area contributed by atoms with Crippen LogP contribution in [0.2, 0.25) is 0 Å². The highest BCUT2D eigenvalue weighted by molar-refractivity contribution is 5.73.